The number of ether oxygens (including phenoxy) is 1. The van der Waals surface area contributed by atoms with E-state index in [1.54, 1.807) is 31.7 Å². The lowest BCUT2D eigenvalue weighted by Gasteiger charge is -2.44. The number of hydrogen-bond donors (Lipinski definition) is 2. The molecule has 1 aliphatic rings. The van der Waals surface area contributed by atoms with Crippen LogP contribution < -0.4 is 10.6 Å². The van der Waals surface area contributed by atoms with E-state index in [9.17, 15) is 14.4 Å². The van der Waals surface area contributed by atoms with Gasteiger partial charge in [-0.1, -0.05) is 68.3 Å². The summed E-state index contributed by atoms with van der Waals surface area (Å²) in [6, 6.07) is 11.1. The van der Waals surface area contributed by atoms with Crippen molar-refractivity contribution in [1.29, 1.82) is 0 Å². The fraction of sp³-hybridized carbons (Fsp3) is 0.516. The van der Waals surface area contributed by atoms with Gasteiger partial charge in [-0.15, -0.1) is 0 Å². The van der Waals surface area contributed by atoms with Crippen molar-refractivity contribution in [2.75, 3.05) is 5.32 Å². The number of amides is 3. The van der Waals surface area contributed by atoms with Crippen LogP contribution >= 0.6 is 11.6 Å². The molecule has 212 valence electrons. The molecule has 0 heterocycles. The molecule has 3 atom stereocenters. The summed E-state index contributed by atoms with van der Waals surface area (Å²) < 4.78 is 5.50. The Labute approximate surface area is 237 Å². The van der Waals surface area contributed by atoms with Crippen molar-refractivity contribution in [3.05, 3.63) is 64.2 Å². The van der Waals surface area contributed by atoms with Crippen molar-refractivity contribution in [2.24, 2.45) is 5.92 Å². The van der Waals surface area contributed by atoms with Crippen LogP contribution in [0.1, 0.15) is 83.0 Å². The van der Waals surface area contributed by atoms with Gasteiger partial charge in [0.15, 0.2) is 0 Å². The topological polar surface area (TPSA) is 87.7 Å². The number of aryl methyl sites for hydroxylation is 2. The predicted molar refractivity (Wildman–Crippen MR) is 156 cm³/mol. The molecule has 0 radical (unpaired) electrons. The number of rotatable bonds is 9. The first-order valence-corrected chi connectivity index (χ1v) is 14.1. The minimum Gasteiger partial charge on any atom is -0.444 e. The van der Waals surface area contributed by atoms with Gasteiger partial charge in [-0.3, -0.25) is 9.59 Å². The number of nitrogens with zero attached hydrogens (tertiary/aromatic N) is 1. The third kappa shape index (κ3) is 7.53. The van der Waals surface area contributed by atoms with Crippen LogP contribution in [0.15, 0.2) is 42.5 Å². The summed E-state index contributed by atoms with van der Waals surface area (Å²) in [5, 5.41) is 6.28. The highest BCUT2D eigenvalue weighted by atomic mass is 35.5. The summed E-state index contributed by atoms with van der Waals surface area (Å²) in [6.45, 7) is 13.1. The van der Waals surface area contributed by atoms with Gasteiger partial charge >= 0.3 is 6.09 Å². The van der Waals surface area contributed by atoms with Crippen LogP contribution in [0.3, 0.4) is 0 Å². The summed E-state index contributed by atoms with van der Waals surface area (Å²) >= 11 is 6.46. The van der Waals surface area contributed by atoms with E-state index in [2.05, 4.69) is 10.6 Å². The smallest absolute Gasteiger partial charge is 0.408 e. The molecule has 1 saturated carbocycles. The molecule has 3 amide bonds. The molecule has 3 rings (SSSR count). The Balaban J connectivity index is 2.08. The number of hydrogen-bond acceptors (Lipinski definition) is 4. The molecule has 7 nitrogen and oxygen atoms in total. The lowest BCUT2D eigenvalue weighted by Crippen LogP contribution is -2.58. The fourth-order valence-electron chi connectivity index (χ4n) is 4.75. The molecule has 1 fully saturated rings. The van der Waals surface area contributed by atoms with Gasteiger partial charge in [0.05, 0.1) is 10.7 Å². The number of para-hydroxylation sites is 1. The van der Waals surface area contributed by atoms with E-state index in [0.29, 0.717) is 17.1 Å². The maximum atomic E-state index is 14.4. The second-order valence-corrected chi connectivity index (χ2v) is 11.9. The number of halogens is 1. The lowest BCUT2D eigenvalue weighted by atomic mass is 9.86. The Morgan fingerprint density at radius 1 is 1.05 bits per heavy atom. The molecule has 0 aliphatic heterocycles. The Morgan fingerprint density at radius 2 is 1.69 bits per heavy atom. The van der Waals surface area contributed by atoms with Crippen LogP contribution in [0.5, 0.6) is 0 Å². The third-order valence-electron chi connectivity index (χ3n) is 7.35. The second kappa shape index (κ2) is 12.9. The zero-order valence-corrected chi connectivity index (χ0v) is 24.9. The van der Waals surface area contributed by atoms with Gasteiger partial charge in [-0.2, -0.15) is 0 Å². The third-order valence-corrected chi connectivity index (χ3v) is 7.67. The SMILES string of the molecule is CCC(C)C(NC(=O)OC(C)(C)C)C(=O)N(C1CCC1)C(C(=O)Nc1c(C)cccc1Cl)c1ccccc1C. The number of benzene rings is 2. The van der Waals surface area contributed by atoms with Crippen LogP contribution in [0, 0.1) is 19.8 Å². The van der Waals surface area contributed by atoms with Crippen LogP contribution in [0.4, 0.5) is 10.5 Å². The molecule has 0 bridgehead atoms. The van der Waals surface area contributed by atoms with Gasteiger partial charge < -0.3 is 20.3 Å². The van der Waals surface area contributed by atoms with Crippen LogP contribution in [0.2, 0.25) is 5.02 Å². The lowest BCUT2D eigenvalue weighted by molar-refractivity contribution is -0.147. The highest BCUT2D eigenvalue weighted by molar-refractivity contribution is 6.34. The van der Waals surface area contributed by atoms with Gasteiger partial charge in [-0.25, -0.2) is 4.79 Å². The monoisotopic (exact) mass is 555 g/mol. The van der Waals surface area contributed by atoms with Crippen molar-refractivity contribution in [3.8, 4) is 0 Å². The Bertz CT molecular complexity index is 1170. The molecule has 2 aromatic carbocycles. The Morgan fingerprint density at radius 3 is 2.23 bits per heavy atom. The van der Waals surface area contributed by atoms with Crippen LogP contribution in [-0.4, -0.2) is 40.5 Å². The predicted octanol–water partition coefficient (Wildman–Crippen LogP) is 6.96. The van der Waals surface area contributed by atoms with Crippen molar-refractivity contribution in [3.63, 3.8) is 0 Å². The summed E-state index contributed by atoms with van der Waals surface area (Å²) in [4.78, 5) is 43.1. The van der Waals surface area contributed by atoms with E-state index < -0.39 is 23.8 Å². The minimum absolute atomic E-state index is 0.132. The van der Waals surface area contributed by atoms with Crippen molar-refractivity contribution >= 4 is 35.2 Å². The zero-order chi connectivity index (χ0) is 28.9. The highest BCUT2D eigenvalue weighted by Crippen LogP contribution is 2.37. The summed E-state index contributed by atoms with van der Waals surface area (Å²) in [6.07, 6.45) is 2.54. The Hall–Kier alpha value is -3.06. The number of anilines is 1. The van der Waals surface area contributed by atoms with E-state index in [4.69, 9.17) is 16.3 Å². The minimum atomic E-state index is -0.910. The zero-order valence-electron chi connectivity index (χ0n) is 24.1. The second-order valence-electron chi connectivity index (χ2n) is 11.5. The van der Waals surface area contributed by atoms with Gasteiger partial charge in [0.2, 0.25) is 5.91 Å². The molecular formula is C31H42ClN3O4. The normalized spacial score (nSPS) is 15.9. The number of alkyl carbamates (subject to hydrolysis) is 1. The molecule has 8 heteroatoms. The maximum absolute atomic E-state index is 14.4. The highest BCUT2D eigenvalue weighted by Gasteiger charge is 2.43. The van der Waals surface area contributed by atoms with E-state index >= 15 is 0 Å². The molecular weight excluding hydrogens is 514 g/mol. The van der Waals surface area contributed by atoms with E-state index in [0.717, 1.165) is 36.0 Å². The van der Waals surface area contributed by atoms with E-state index in [1.807, 2.05) is 64.1 Å². The largest absolute Gasteiger partial charge is 0.444 e. The van der Waals surface area contributed by atoms with Crippen molar-refractivity contribution in [2.45, 2.75) is 97.9 Å². The Kier molecular flexibility index (Phi) is 10.1. The fourth-order valence-corrected chi connectivity index (χ4v) is 5.02. The molecule has 2 aromatic rings. The van der Waals surface area contributed by atoms with E-state index in [1.165, 1.54) is 0 Å². The average Bonchev–Trinajstić information content (AvgIpc) is 2.82. The van der Waals surface area contributed by atoms with Gasteiger partial charge in [0, 0.05) is 6.04 Å². The van der Waals surface area contributed by atoms with Gasteiger partial charge in [-0.05, 0) is 82.6 Å². The van der Waals surface area contributed by atoms with E-state index in [-0.39, 0.29) is 23.8 Å². The summed E-state index contributed by atoms with van der Waals surface area (Å²) in [7, 11) is 0. The first kappa shape index (κ1) is 30.5. The summed E-state index contributed by atoms with van der Waals surface area (Å²) in [5.41, 5.74) is 2.27. The molecule has 3 unspecified atom stereocenters. The number of carbonyl (C=O) groups excluding carboxylic acids is 3. The van der Waals surface area contributed by atoms with Gasteiger partial charge in [0.25, 0.3) is 5.91 Å². The standard InChI is InChI=1S/C31H42ClN3O4/c1-8-19(2)26(34-30(38)39-31(5,6)7)29(37)35(22-15-12-16-22)27(23-17-10-9-13-20(23)3)28(36)33-25-21(4)14-11-18-24(25)32/h9-11,13-14,17-19,22,26-27H,8,12,15-16H2,1-7H3,(H,33,36)(H,34,38). The van der Waals surface area contributed by atoms with Crippen molar-refractivity contribution < 1.29 is 19.1 Å². The molecule has 0 spiro atoms. The number of nitrogens with one attached hydrogen (secondary N) is 2. The molecule has 0 saturated heterocycles. The maximum Gasteiger partial charge on any atom is 0.408 e. The molecule has 1 aliphatic carbocycles. The summed E-state index contributed by atoms with van der Waals surface area (Å²) in [5.74, 6) is -0.820. The first-order chi connectivity index (χ1) is 18.3. The van der Waals surface area contributed by atoms with Gasteiger partial charge in [0.1, 0.15) is 17.7 Å². The van der Waals surface area contributed by atoms with Crippen LogP contribution in [-0.2, 0) is 14.3 Å². The van der Waals surface area contributed by atoms with Crippen molar-refractivity contribution in [1.82, 2.24) is 10.2 Å². The first-order valence-electron chi connectivity index (χ1n) is 13.8. The molecule has 2 N–H and O–H groups in total. The number of carbonyl (C=O) groups is 3. The van der Waals surface area contributed by atoms with Crippen LogP contribution in [0.25, 0.3) is 0 Å². The quantitative estimate of drug-likeness (QED) is 0.350. The molecule has 0 aromatic heterocycles. The molecule has 39 heavy (non-hydrogen) atoms. The average molecular weight is 556 g/mol.